The van der Waals surface area contributed by atoms with Crippen molar-refractivity contribution in [3.05, 3.63) is 47.3 Å². The van der Waals surface area contributed by atoms with Crippen LogP contribution >= 0.6 is 11.3 Å². The van der Waals surface area contributed by atoms with Gasteiger partial charge in [0, 0.05) is 17.4 Å². The molecular weight excluding hydrogens is 202 g/mol. The molecule has 4 rings (SSSR count). The molecule has 3 aromatic rings. The summed E-state index contributed by atoms with van der Waals surface area (Å²) < 4.78 is 2.41. The molecule has 1 aliphatic rings. The minimum Gasteiger partial charge on any atom is -0.335 e. The van der Waals surface area contributed by atoms with E-state index < -0.39 is 0 Å². The highest BCUT2D eigenvalue weighted by atomic mass is 32.1. The molecule has 0 bridgehead atoms. The Kier molecular flexibility index (Phi) is 1.30. The van der Waals surface area contributed by atoms with Crippen molar-refractivity contribution in [2.75, 3.05) is 0 Å². The van der Waals surface area contributed by atoms with E-state index in [1.807, 2.05) is 11.3 Å². The third-order valence-electron chi connectivity index (χ3n) is 3.12. The summed E-state index contributed by atoms with van der Waals surface area (Å²) in [6, 6.07) is 13.2. The second-order valence-electron chi connectivity index (χ2n) is 3.95. The largest absolute Gasteiger partial charge is 0.335 e. The Morgan fingerprint density at radius 2 is 2.07 bits per heavy atom. The Bertz CT molecular complexity index is 660. The van der Waals surface area contributed by atoms with Crippen LogP contribution in [-0.4, -0.2) is 4.57 Å². The molecule has 0 saturated carbocycles. The van der Waals surface area contributed by atoms with Crippen LogP contribution < -0.4 is 0 Å². The van der Waals surface area contributed by atoms with Gasteiger partial charge in [-0.05, 0) is 29.1 Å². The van der Waals surface area contributed by atoms with Crippen molar-refractivity contribution in [3.8, 4) is 10.6 Å². The number of rotatable bonds is 0. The zero-order valence-electron chi connectivity index (χ0n) is 8.10. The lowest BCUT2D eigenvalue weighted by Crippen LogP contribution is -1.91. The third-order valence-corrected chi connectivity index (χ3v) is 4.10. The molecule has 0 fully saturated rings. The summed E-state index contributed by atoms with van der Waals surface area (Å²) in [6.45, 7) is 1.04. The van der Waals surface area contributed by atoms with E-state index in [2.05, 4.69) is 46.3 Å². The van der Waals surface area contributed by atoms with E-state index in [0.29, 0.717) is 0 Å². The topological polar surface area (TPSA) is 4.93 Å². The van der Waals surface area contributed by atoms with Gasteiger partial charge in [0.1, 0.15) is 0 Å². The number of aromatic nitrogens is 1. The van der Waals surface area contributed by atoms with Gasteiger partial charge >= 0.3 is 0 Å². The minimum absolute atomic E-state index is 1.04. The average Bonchev–Trinajstić information content (AvgIpc) is 2.87. The Morgan fingerprint density at radius 1 is 1.13 bits per heavy atom. The molecule has 0 saturated heterocycles. The maximum Gasteiger partial charge on any atom is 0.0599 e. The zero-order valence-corrected chi connectivity index (χ0v) is 8.92. The van der Waals surface area contributed by atoms with E-state index in [1.165, 1.54) is 27.0 Å². The Morgan fingerprint density at radius 3 is 3.07 bits per heavy atom. The fraction of sp³-hybridized carbons (Fsp3) is 0.0769. The summed E-state index contributed by atoms with van der Waals surface area (Å²) in [5.74, 6) is 0. The van der Waals surface area contributed by atoms with Gasteiger partial charge in [-0.3, -0.25) is 0 Å². The number of thiophene rings is 1. The molecule has 0 atom stereocenters. The quantitative estimate of drug-likeness (QED) is 0.417. The molecule has 2 heteroatoms. The minimum atomic E-state index is 1.04. The van der Waals surface area contributed by atoms with Crippen LogP contribution in [0.15, 0.2) is 41.8 Å². The third kappa shape index (κ3) is 0.876. The van der Waals surface area contributed by atoms with Crippen LogP contribution in [0.1, 0.15) is 5.56 Å². The van der Waals surface area contributed by atoms with Gasteiger partial charge in [-0.25, -0.2) is 0 Å². The van der Waals surface area contributed by atoms with Crippen LogP contribution in [-0.2, 0) is 6.54 Å². The van der Waals surface area contributed by atoms with E-state index in [4.69, 9.17) is 0 Å². The number of para-hydroxylation sites is 1. The number of benzene rings is 1. The summed E-state index contributed by atoms with van der Waals surface area (Å²) in [6.07, 6.45) is 0. The maximum absolute atomic E-state index is 2.41. The van der Waals surface area contributed by atoms with Gasteiger partial charge in [0.05, 0.1) is 10.6 Å². The summed E-state index contributed by atoms with van der Waals surface area (Å²) in [5.41, 5.74) is 4.22. The van der Waals surface area contributed by atoms with Gasteiger partial charge in [-0.15, -0.1) is 11.3 Å². The van der Waals surface area contributed by atoms with Gasteiger partial charge in [0.25, 0.3) is 0 Å². The van der Waals surface area contributed by atoms with Crippen molar-refractivity contribution in [1.82, 2.24) is 4.57 Å². The molecule has 15 heavy (non-hydrogen) atoms. The Balaban J connectivity index is 2.15. The maximum atomic E-state index is 2.41. The second kappa shape index (κ2) is 2.52. The standard InChI is InChI=1S/C13H9NS/c1-2-4-11-9(3-1)7-12-13-10(5-6-15-13)8-14(11)12/h1-7H,8H2. The second-order valence-corrected chi connectivity index (χ2v) is 4.87. The van der Waals surface area contributed by atoms with Gasteiger partial charge in [0.2, 0.25) is 0 Å². The molecule has 0 N–H and O–H groups in total. The van der Waals surface area contributed by atoms with Crippen LogP contribution in [0.3, 0.4) is 0 Å². The molecule has 3 heterocycles. The van der Waals surface area contributed by atoms with E-state index >= 15 is 0 Å². The lowest BCUT2D eigenvalue weighted by molar-refractivity contribution is 0.887. The first-order chi connectivity index (χ1) is 7.43. The molecule has 0 radical (unpaired) electrons. The number of hydrogen-bond acceptors (Lipinski definition) is 1. The molecule has 0 spiro atoms. The van der Waals surface area contributed by atoms with Gasteiger partial charge in [0.15, 0.2) is 0 Å². The molecule has 2 aromatic heterocycles. The summed E-state index contributed by atoms with van der Waals surface area (Å²) >= 11 is 1.85. The average molecular weight is 211 g/mol. The highest BCUT2D eigenvalue weighted by Gasteiger charge is 2.21. The molecule has 1 aliphatic heterocycles. The summed E-state index contributed by atoms with van der Waals surface area (Å²) in [5, 5.41) is 3.54. The first kappa shape index (κ1) is 7.71. The SMILES string of the molecule is c1ccc2c(c1)cc1n2Cc2ccsc2-1. The molecular formula is C13H9NS. The van der Waals surface area contributed by atoms with Crippen molar-refractivity contribution in [2.24, 2.45) is 0 Å². The van der Waals surface area contributed by atoms with E-state index in [9.17, 15) is 0 Å². The van der Waals surface area contributed by atoms with E-state index in [0.717, 1.165) is 6.54 Å². The number of hydrogen-bond donors (Lipinski definition) is 0. The molecule has 72 valence electrons. The predicted molar refractivity (Wildman–Crippen MR) is 64.4 cm³/mol. The summed E-state index contributed by atoms with van der Waals surface area (Å²) in [7, 11) is 0. The lowest BCUT2D eigenvalue weighted by atomic mass is 10.2. The van der Waals surface area contributed by atoms with E-state index in [-0.39, 0.29) is 0 Å². The van der Waals surface area contributed by atoms with Crippen molar-refractivity contribution in [3.63, 3.8) is 0 Å². The first-order valence-electron chi connectivity index (χ1n) is 5.08. The molecule has 0 amide bonds. The first-order valence-corrected chi connectivity index (χ1v) is 5.96. The molecule has 1 aromatic carbocycles. The van der Waals surface area contributed by atoms with Crippen LogP contribution in [0, 0.1) is 0 Å². The van der Waals surface area contributed by atoms with Crippen molar-refractivity contribution >= 4 is 22.2 Å². The van der Waals surface area contributed by atoms with Gasteiger partial charge in [-0.2, -0.15) is 0 Å². The van der Waals surface area contributed by atoms with Crippen molar-refractivity contribution in [2.45, 2.75) is 6.54 Å². The highest BCUT2D eigenvalue weighted by molar-refractivity contribution is 7.13. The van der Waals surface area contributed by atoms with Crippen molar-refractivity contribution in [1.29, 1.82) is 0 Å². The molecule has 0 unspecified atom stereocenters. The normalized spacial score (nSPS) is 13.1. The van der Waals surface area contributed by atoms with E-state index in [1.54, 1.807) is 0 Å². The van der Waals surface area contributed by atoms with Crippen LogP contribution in [0.5, 0.6) is 0 Å². The van der Waals surface area contributed by atoms with Crippen LogP contribution in [0.25, 0.3) is 21.5 Å². The Hall–Kier alpha value is -1.54. The smallest absolute Gasteiger partial charge is 0.0599 e. The fourth-order valence-corrected chi connectivity index (χ4v) is 3.37. The zero-order chi connectivity index (χ0) is 9.83. The van der Waals surface area contributed by atoms with Crippen LogP contribution in [0.2, 0.25) is 0 Å². The predicted octanol–water partition coefficient (Wildman–Crippen LogP) is 3.73. The number of fused-ring (bicyclic) bond motifs is 5. The lowest BCUT2D eigenvalue weighted by Gasteiger charge is -1.99. The highest BCUT2D eigenvalue weighted by Crippen LogP contribution is 2.40. The van der Waals surface area contributed by atoms with Crippen molar-refractivity contribution < 1.29 is 0 Å². The van der Waals surface area contributed by atoms with Gasteiger partial charge in [-0.1, -0.05) is 18.2 Å². The molecule has 1 nitrogen and oxygen atoms in total. The summed E-state index contributed by atoms with van der Waals surface area (Å²) in [4.78, 5) is 1.45. The monoisotopic (exact) mass is 211 g/mol. The fourth-order valence-electron chi connectivity index (χ4n) is 2.42. The van der Waals surface area contributed by atoms with Crippen LogP contribution in [0.4, 0.5) is 0 Å². The van der Waals surface area contributed by atoms with Gasteiger partial charge < -0.3 is 4.57 Å². The number of nitrogens with zero attached hydrogens (tertiary/aromatic N) is 1. The Labute approximate surface area is 91.6 Å². The molecule has 0 aliphatic carbocycles.